The van der Waals surface area contributed by atoms with Gasteiger partial charge in [-0.15, -0.1) is 0 Å². The number of amides is 2. The standard InChI is InChI=1S/C17H22N2O2/c1-10-7-14(10)16(20)18-12-5-4-6-13(9-12)19(3)17(21)15-8-11(15)2/h4-6,9-11,14-15H,7-8H2,1-3H3,(H,18,20)/t10-,11+,14+,15-/m1/s1. The SMILES string of the molecule is C[C@@H]1C[C@@H]1C(=O)Nc1cccc(N(C)C(=O)[C@@H]2C[C@@H]2C)c1. The maximum Gasteiger partial charge on any atom is 0.230 e. The second-order valence-electron chi connectivity index (χ2n) is 6.58. The maximum absolute atomic E-state index is 12.2. The molecular weight excluding hydrogens is 264 g/mol. The van der Waals surface area contributed by atoms with Crippen molar-refractivity contribution in [1.82, 2.24) is 0 Å². The Balaban J connectivity index is 1.67. The molecule has 4 nitrogen and oxygen atoms in total. The van der Waals surface area contributed by atoms with E-state index in [-0.39, 0.29) is 23.7 Å². The number of benzene rings is 1. The minimum absolute atomic E-state index is 0.0874. The Hall–Kier alpha value is -1.84. The fourth-order valence-electron chi connectivity index (χ4n) is 2.76. The summed E-state index contributed by atoms with van der Waals surface area (Å²) in [6.45, 7) is 4.19. The number of hydrogen-bond acceptors (Lipinski definition) is 2. The van der Waals surface area contributed by atoms with Crippen molar-refractivity contribution in [3.05, 3.63) is 24.3 Å². The van der Waals surface area contributed by atoms with Crippen molar-refractivity contribution in [3.8, 4) is 0 Å². The zero-order chi connectivity index (χ0) is 15.1. The second kappa shape index (κ2) is 5.17. The minimum Gasteiger partial charge on any atom is -0.326 e. The van der Waals surface area contributed by atoms with Gasteiger partial charge in [-0.25, -0.2) is 0 Å². The number of nitrogens with one attached hydrogen (secondary N) is 1. The van der Waals surface area contributed by atoms with E-state index in [4.69, 9.17) is 0 Å². The van der Waals surface area contributed by atoms with Gasteiger partial charge in [-0.1, -0.05) is 19.9 Å². The van der Waals surface area contributed by atoms with Crippen LogP contribution in [0.25, 0.3) is 0 Å². The van der Waals surface area contributed by atoms with Gasteiger partial charge in [-0.3, -0.25) is 9.59 Å². The van der Waals surface area contributed by atoms with Crippen molar-refractivity contribution < 1.29 is 9.59 Å². The van der Waals surface area contributed by atoms with Crippen LogP contribution in [0.2, 0.25) is 0 Å². The molecule has 3 rings (SSSR count). The molecular formula is C17H22N2O2. The monoisotopic (exact) mass is 286 g/mol. The third-order valence-corrected chi connectivity index (χ3v) is 4.70. The van der Waals surface area contributed by atoms with Crippen molar-refractivity contribution in [1.29, 1.82) is 0 Å². The quantitative estimate of drug-likeness (QED) is 0.925. The molecule has 2 saturated carbocycles. The van der Waals surface area contributed by atoms with Crippen LogP contribution >= 0.6 is 0 Å². The largest absolute Gasteiger partial charge is 0.326 e. The van der Waals surface area contributed by atoms with E-state index in [1.165, 1.54) is 0 Å². The maximum atomic E-state index is 12.2. The normalized spacial score (nSPS) is 29.7. The van der Waals surface area contributed by atoms with Gasteiger partial charge >= 0.3 is 0 Å². The van der Waals surface area contributed by atoms with Gasteiger partial charge in [0.05, 0.1) is 0 Å². The van der Waals surface area contributed by atoms with Gasteiger partial charge in [0.2, 0.25) is 11.8 Å². The van der Waals surface area contributed by atoms with E-state index >= 15 is 0 Å². The lowest BCUT2D eigenvalue weighted by molar-refractivity contribution is -0.120. The second-order valence-corrected chi connectivity index (χ2v) is 6.58. The fraction of sp³-hybridized carbons (Fsp3) is 0.529. The third-order valence-electron chi connectivity index (χ3n) is 4.70. The topological polar surface area (TPSA) is 49.4 Å². The summed E-state index contributed by atoms with van der Waals surface area (Å²) in [5.41, 5.74) is 1.60. The predicted octanol–water partition coefficient (Wildman–Crippen LogP) is 2.90. The fourth-order valence-corrected chi connectivity index (χ4v) is 2.76. The molecule has 0 spiro atoms. The first-order valence-corrected chi connectivity index (χ1v) is 7.66. The van der Waals surface area contributed by atoms with E-state index in [0.29, 0.717) is 11.8 Å². The summed E-state index contributed by atoms with van der Waals surface area (Å²) in [6, 6.07) is 7.52. The lowest BCUT2D eigenvalue weighted by Crippen LogP contribution is -2.28. The molecule has 2 amide bonds. The molecule has 4 atom stereocenters. The number of nitrogens with zero attached hydrogens (tertiary/aromatic N) is 1. The first kappa shape index (κ1) is 14.1. The lowest BCUT2D eigenvalue weighted by Gasteiger charge is -2.18. The molecule has 2 aliphatic rings. The molecule has 1 aromatic rings. The summed E-state index contributed by atoms with van der Waals surface area (Å²) in [4.78, 5) is 25.9. The average Bonchev–Trinajstić information content (AvgIpc) is 3.36. The number of rotatable bonds is 4. The van der Waals surface area contributed by atoms with Crippen LogP contribution in [0, 0.1) is 23.7 Å². The summed E-state index contributed by atoms with van der Waals surface area (Å²) in [5, 5.41) is 2.95. The Kier molecular flexibility index (Phi) is 3.47. The molecule has 1 N–H and O–H groups in total. The predicted molar refractivity (Wildman–Crippen MR) is 83.0 cm³/mol. The molecule has 0 saturated heterocycles. The van der Waals surface area contributed by atoms with E-state index in [9.17, 15) is 9.59 Å². The number of hydrogen-bond donors (Lipinski definition) is 1. The molecule has 21 heavy (non-hydrogen) atoms. The van der Waals surface area contributed by atoms with Gasteiger partial charge in [0, 0.05) is 30.3 Å². The van der Waals surface area contributed by atoms with Gasteiger partial charge in [-0.2, -0.15) is 0 Å². The van der Waals surface area contributed by atoms with Crippen molar-refractivity contribution in [2.75, 3.05) is 17.3 Å². The molecule has 0 unspecified atom stereocenters. The first-order valence-electron chi connectivity index (χ1n) is 7.66. The zero-order valence-electron chi connectivity index (χ0n) is 12.8. The first-order chi connectivity index (χ1) is 9.97. The molecule has 0 bridgehead atoms. The average molecular weight is 286 g/mol. The molecule has 2 fully saturated rings. The Bertz CT molecular complexity index is 584. The van der Waals surface area contributed by atoms with Gasteiger partial charge in [0.25, 0.3) is 0 Å². The molecule has 2 aliphatic carbocycles. The smallest absolute Gasteiger partial charge is 0.230 e. The Morgan fingerprint density at radius 1 is 1.14 bits per heavy atom. The molecule has 1 aromatic carbocycles. The highest BCUT2D eigenvalue weighted by molar-refractivity contribution is 5.98. The molecule has 0 radical (unpaired) electrons. The van der Waals surface area contributed by atoms with E-state index < -0.39 is 0 Å². The van der Waals surface area contributed by atoms with Crippen LogP contribution in [-0.2, 0) is 9.59 Å². The summed E-state index contributed by atoms with van der Waals surface area (Å²) in [5.74, 6) is 1.57. The zero-order valence-corrected chi connectivity index (χ0v) is 12.8. The van der Waals surface area contributed by atoms with E-state index in [1.54, 1.807) is 11.9 Å². The van der Waals surface area contributed by atoms with E-state index in [2.05, 4.69) is 19.2 Å². The molecule has 0 aliphatic heterocycles. The van der Waals surface area contributed by atoms with Gasteiger partial charge in [-0.05, 0) is 42.9 Å². The number of carbonyl (C=O) groups is 2. The Morgan fingerprint density at radius 2 is 1.76 bits per heavy atom. The van der Waals surface area contributed by atoms with Gasteiger partial charge < -0.3 is 10.2 Å². The Labute approximate surface area is 125 Å². The highest BCUT2D eigenvalue weighted by Gasteiger charge is 2.41. The van der Waals surface area contributed by atoms with Crippen LogP contribution in [0.15, 0.2) is 24.3 Å². The van der Waals surface area contributed by atoms with Crippen molar-refractivity contribution in [2.45, 2.75) is 26.7 Å². The lowest BCUT2D eigenvalue weighted by atomic mass is 10.2. The molecule has 0 heterocycles. The number of anilines is 2. The van der Waals surface area contributed by atoms with Crippen LogP contribution in [0.5, 0.6) is 0 Å². The van der Waals surface area contributed by atoms with Crippen molar-refractivity contribution >= 4 is 23.2 Å². The molecule has 4 heteroatoms. The van der Waals surface area contributed by atoms with E-state index in [0.717, 1.165) is 24.2 Å². The summed E-state index contributed by atoms with van der Waals surface area (Å²) >= 11 is 0. The van der Waals surface area contributed by atoms with Crippen LogP contribution < -0.4 is 10.2 Å². The van der Waals surface area contributed by atoms with Crippen LogP contribution in [0.4, 0.5) is 11.4 Å². The summed E-state index contributed by atoms with van der Waals surface area (Å²) in [7, 11) is 1.80. The highest BCUT2D eigenvalue weighted by atomic mass is 16.2. The Morgan fingerprint density at radius 3 is 2.33 bits per heavy atom. The summed E-state index contributed by atoms with van der Waals surface area (Å²) in [6.07, 6.45) is 1.96. The summed E-state index contributed by atoms with van der Waals surface area (Å²) < 4.78 is 0. The third kappa shape index (κ3) is 2.94. The van der Waals surface area contributed by atoms with Crippen molar-refractivity contribution in [2.24, 2.45) is 23.7 Å². The van der Waals surface area contributed by atoms with Gasteiger partial charge in [0.15, 0.2) is 0 Å². The highest BCUT2D eigenvalue weighted by Crippen LogP contribution is 2.40. The van der Waals surface area contributed by atoms with Crippen LogP contribution in [0.3, 0.4) is 0 Å². The van der Waals surface area contributed by atoms with E-state index in [1.807, 2.05) is 24.3 Å². The molecule has 0 aromatic heterocycles. The van der Waals surface area contributed by atoms with Crippen LogP contribution in [-0.4, -0.2) is 18.9 Å². The molecule has 112 valence electrons. The minimum atomic E-state index is 0.0874. The van der Waals surface area contributed by atoms with Crippen molar-refractivity contribution in [3.63, 3.8) is 0 Å². The van der Waals surface area contributed by atoms with Gasteiger partial charge in [0.1, 0.15) is 0 Å². The number of carbonyl (C=O) groups excluding carboxylic acids is 2. The van der Waals surface area contributed by atoms with Crippen LogP contribution in [0.1, 0.15) is 26.7 Å².